The van der Waals surface area contributed by atoms with Crippen LogP contribution in [0.2, 0.25) is 0 Å². The summed E-state index contributed by atoms with van der Waals surface area (Å²) in [7, 11) is 0. The molecule has 0 unspecified atom stereocenters. The Hall–Kier alpha value is -3.30. The second kappa shape index (κ2) is 10.8. The summed E-state index contributed by atoms with van der Waals surface area (Å²) in [5.41, 5.74) is 0.627. The molecule has 5 rings (SSSR count). The summed E-state index contributed by atoms with van der Waals surface area (Å²) in [6.45, 7) is 8.45. The first kappa shape index (κ1) is 22.5. The van der Waals surface area contributed by atoms with Gasteiger partial charge in [0, 0.05) is 69.8 Å². The maximum atomic E-state index is 13.0. The first-order chi connectivity index (χ1) is 16.8. The Morgan fingerprint density at radius 1 is 0.882 bits per heavy atom. The number of ether oxygens (including phenoxy) is 1. The molecule has 9 nitrogen and oxygen atoms in total. The molecule has 34 heavy (non-hydrogen) atoms. The van der Waals surface area contributed by atoms with Gasteiger partial charge in [-0.15, -0.1) is 0 Å². The monoisotopic (exact) mass is 461 g/mol. The van der Waals surface area contributed by atoms with Crippen LogP contribution in [0, 0.1) is 0 Å². The number of aromatic nitrogens is 3. The van der Waals surface area contributed by atoms with Gasteiger partial charge in [-0.05, 0) is 24.4 Å². The third-order valence-corrected chi connectivity index (χ3v) is 6.47. The maximum absolute atomic E-state index is 13.0. The highest BCUT2D eigenvalue weighted by Crippen LogP contribution is 2.28. The number of nitrogens with one attached hydrogen (secondary N) is 1. The molecule has 2 aromatic heterocycles. The van der Waals surface area contributed by atoms with Crippen LogP contribution in [0.4, 0.5) is 11.8 Å². The van der Waals surface area contributed by atoms with Gasteiger partial charge in [-0.1, -0.05) is 24.3 Å². The lowest BCUT2D eigenvalue weighted by atomic mass is 10.1. The van der Waals surface area contributed by atoms with E-state index in [1.165, 1.54) is 0 Å². The summed E-state index contributed by atoms with van der Waals surface area (Å²) in [5, 5.41) is 5.03. The summed E-state index contributed by atoms with van der Waals surface area (Å²) in [6.07, 6.45) is 6.19. The van der Waals surface area contributed by atoms with Gasteiger partial charge in [-0.25, -0.2) is 15.0 Å². The molecule has 178 valence electrons. The van der Waals surface area contributed by atoms with Crippen molar-refractivity contribution in [3.05, 3.63) is 54.5 Å². The van der Waals surface area contributed by atoms with E-state index in [4.69, 9.17) is 9.72 Å². The van der Waals surface area contributed by atoms with Crippen molar-refractivity contribution in [2.45, 2.75) is 6.42 Å². The van der Waals surface area contributed by atoms with E-state index in [2.05, 4.69) is 36.1 Å². The minimum absolute atomic E-state index is 0.0664. The van der Waals surface area contributed by atoms with Gasteiger partial charge in [0.15, 0.2) is 0 Å². The first-order valence-corrected chi connectivity index (χ1v) is 12.0. The predicted octanol–water partition coefficient (Wildman–Crippen LogP) is 1.80. The Labute approximate surface area is 199 Å². The molecule has 0 bridgehead atoms. The van der Waals surface area contributed by atoms with Crippen LogP contribution in [-0.2, 0) is 4.74 Å². The van der Waals surface area contributed by atoms with Gasteiger partial charge in [0.1, 0.15) is 5.82 Å². The smallest absolute Gasteiger partial charge is 0.253 e. The van der Waals surface area contributed by atoms with Crippen molar-refractivity contribution >= 4 is 28.4 Å². The number of carbonyl (C=O) groups is 1. The molecule has 1 amide bonds. The number of hydrogen-bond donors (Lipinski definition) is 1. The molecule has 0 aliphatic carbocycles. The summed E-state index contributed by atoms with van der Waals surface area (Å²) < 4.78 is 5.39. The summed E-state index contributed by atoms with van der Waals surface area (Å²) in [4.78, 5) is 33.3. The van der Waals surface area contributed by atoms with Crippen LogP contribution in [0.15, 0.2) is 48.9 Å². The Morgan fingerprint density at radius 3 is 2.35 bits per heavy atom. The molecule has 9 heteroatoms. The van der Waals surface area contributed by atoms with Gasteiger partial charge in [0.05, 0.1) is 18.8 Å². The molecule has 0 spiro atoms. The molecule has 0 atom stereocenters. The van der Waals surface area contributed by atoms with E-state index in [-0.39, 0.29) is 5.91 Å². The zero-order chi connectivity index (χ0) is 23.2. The topological polar surface area (TPSA) is 86.7 Å². The largest absolute Gasteiger partial charge is 0.379 e. The number of rotatable bonds is 7. The van der Waals surface area contributed by atoms with Gasteiger partial charge in [-0.3, -0.25) is 9.69 Å². The van der Waals surface area contributed by atoms with Crippen LogP contribution in [0.5, 0.6) is 0 Å². The van der Waals surface area contributed by atoms with Gasteiger partial charge in [0.25, 0.3) is 5.91 Å². The molecule has 2 aliphatic heterocycles. The van der Waals surface area contributed by atoms with Crippen LogP contribution in [0.25, 0.3) is 10.8 Å². The number of anilines is 2. The highest BCUT2D eigenvalue weighted by atomic mass is 16.5. The number of morpholine rings is 1. The molecular weight excluding hydrogens is 430 g/mol. The number of nitrogens with zero attached hydrogens (tertiary/aromatic N) is 6. The zero-order valence-electron chi connectivity index (χ0n) is 19.4. The van der Waals surface area contributed by atoms with Crippen molar-refractivity contribution < 1.29 is 9.53 Å². The predicted molar refractivity (Wildman–Crippen MR) is 132 cm³/mol. The van der Waals surface area contributed by atoms with Crippen molar-refractivity contribution in [2.24, 2.45) is 0 Å². The summed E-state index contributed by atoms with van der Waals surface area (Å²) in [6, 6.07) is 9.88. The fraction of sp³-hybridized carbons (Fsp3) is 0.440. The molecule has 2 aliphatic rings. The van der Waals surface area contributed by atoms with Gasteiger partial charge in [-0.2, -0.15) is 0 Å². The number of amides is 1. The van der Waals surface area contributed by atoms with Crippen molar-refractivity contribution in [1.82, 2.24) is 25.2 Å². The van der Waals surface area contributed by atoms with E-state index < -0.39 is 0 Å². The third-order valence-electron chi connectivity index (χ3n) is 6.47. The molecule has 1 N–H and O–H groups in total. The number of fused-ring (bicyclic) bond motifs is 1. The summed E-state index contributed by atoms with van der Waals surface area (Å²) >= 11 is 0. The molecule has 2 fully saturated rings. The van der Waals surface area contributed by atoms with Crippen LogP contribution >= 0.6 is 0 Å². The van der Waals surface area contributed by atoms with Crippen LogP contribution < -0.4 is 15.1 Å². The lowest BCUT2D eigenvalue weighted by Gasteiger charge is -2.35. The Kier molecular flexibility index (Phi) is 7.11. The third kappa shape index (κ3) is 5.10. The number of piperazine rings is 1. The number of pyridine rings is 1. The Balaban J connectivity index is 1.23. The van der Waals surface area contributed by atoms with E-state index in [0.29, 0.717) is 12.1 Å². The molecule has 1 aromatic carbocycles. The molecule has 3 aromatic rings. The fourth-order valence-corrected chi connectivity index (χ4v) is 4.61. The Morgan fingerprint density at radius 2 is 1.59 bits per heavy atom. The number of benzene rings is 1. The zero-order valence-corrected chi connectivity index (χ0v) is 19.4. The molecular formula is C25H31N7O2. The molecule has 4 heterocycles. The van der Waals surface area contributed by atoms with Crippen LogP contribution in [0.1, 0.15) is 16.8 Å². The van der Waals surface area contributed by atoms with E-state index in [1.54, 1.807) is 18.6 Å². The van der Waals surface area contributed by atoms with E-state index in [0.717, 1.165) is 88.0 Å². The second-order valence-corrected chi connectivity index (χ2v) is 8.63. The van der Waals surface area contributed by atoms with Gasteiger partial charge >= 0.3 is 0 Å². The average Bonchev–Trinajstić information content (AvgIpc) is 2.91. The van der Waals surface area contributed by atoms with Crippen molar-refractivity contribution in [3.8, 4) is 0 Å². The Bertz CT molecular complexity index is 1100. The molecule has 0 saturated carbocycles. The molecule has 2 saturated heterocycles. The molecule has 0 radical (unpaired) electrons. The minimum atomic E-state index is -0.0664. The highest BCUT2D eigenvalue weighted by molar-refractivity contribution is 6.09. The average molecular weight is 462 g/mol. The van der Waals surface area contributed by atoms with Crippen molar-refractivity contribution in [2.75, 3.05) is 75.4 Å². The SMILES string of the molecule is O=C(NCCCN1CCOCC1)c1cnc(N2CCN(c3ncccn3)CC2)c2ccccc12. The van der Waals surface area contributed by atoms with E-state index in [9.17, 15) is 4.79 Å². The normalized spacial score (nSPS) is 17.2. The quantitative estimate of drug-likeness (QED) is 0.533. The second-order valence-electron chi connectivity index (χ2n) is 8.63. The van der Waals surface area contributed by atoms with E-state index in [1.807, 2.05) is 24.3 Å². The van der Waals surface area contributed by atoms with Gasteiger partial charge < -0.3 is 19.9 Å². The number of hydrogen-bond acceptors (Lipinski definition) is 8. The van der Waals surface area contributed by atoms with Crippen molar-refractivity contribution in [3.63, 3.8) is 0 Å². The van der Waals surface area contributed by atoms with Crippen LogP contribution in [0.3, 0.4) is 0 Å². The van der Waals surface area contributed by atoms with Crippen LogP contribution in [-0.4, -0.2) is 91.3 Å². The summed E-state index contributed by atoms with van der Waals surface area (Å²) in [5.74, 6) is 1.62. The number of carbonyl (C=O) groups excluding carboxylic acids is 1. The van der Waals surface area contributed by atoms with Gasteiger partial charge in [0.2, 0.25) is 5.95 Å². The first-order valence-electron chi connectivity index (χ1n) is 12.0. The standard InChI is InChI=1S/C25H31N7O2/c33-24(26-9-4-10-30-15-17-34-18-16-30)22-19-29-23(21-6-2-1-5-20(21)22)31-11-13-32(14-12-31)25-27-7-3-8-28-25/h1-3,5-8,19H,4,9-18H2,(H,26,33). The maximum Gasteiger partial charge on any atom is 0.253 e. The van der Waals surface area contributed by atoms with E-state index >= 15 is 0 Å². The highest BCUT2D eigenvalue weighted by Gasteiger charge is 2.22. The minimum Gasteiger partial charge on any atom is -0.379 e. The lowest BCUT2D eigenvalue weighted by Crippen LogP contribution is -2.47. The fourth-order valence-electron chi connectivity index (χ4n) is 4.61. The van der Waals surface area contributed by atoms with Crippen molar-refractivity contribution in [1.29, 1.82) is 0 Å². The lowest BCUT2D eigenvalue weighted by molar-refractivity contribution is 0.0374.